The summed E-state index contributed by atoms with van der Waals surface area (Å²) in [5.74, 6) is -1.06. The molecule has 7 heteroatoms. The van der Waals surface area contributed by atoms with Gasteiger partial charge in [-0.25, -0.2) is 8.78 Å². The Bertz CT molecular complexity index is 1170. The number of hydrogen-bond acceptors (Lipinski definition) is 3. The summed E-state index contributed by atoms with van der Waals surface area (Å²) in [4.78, 5) is 26.5. The third-order valence-electron chi connectivity index (χ3n) is 5.79. The lowest BCUT2D eigenvalue weighted by Crippen LogP contribution is -2.31. The molecule has 1 aromatic heterocycles. The van der Waals surface area contributed by atoms with Gasteiger partial charge in [-0.1, -0.05) is 6.07 Å². The van der Waals surface area contributed by atoms with E-state index in [-0.39, 0.29) is 31.5 Å². The molecule has 168 valence electrons. The molecule has 1 aliphatic carbocycles. The fourth-order valence-electron chi connectivity index (χ4n) is 4.06. The lowest BCUT2D eigenvalue weighted by Gasteiger charge is -2.22. The molecule has 0 bridgehead atoms. The van der Waals surface area contributed by atoms with Gasteiger partial charge in [0.15, 0.2) is 0 Å². The third-order valence-corrected chi connectivity index (χ3v) is 5.79. The van der Waals surface area contributed by atoms with Gasteiger partial charge >= 0.3 is 5.97 Å². The van der Waals surface area contributed by atoms with Crippen LogP contribution in [0.2, 0.25) is 0 Å². The van der Waals surface area contributed by atoms with Crippen LogP contribution in [0.25, 0.3) is 22.0 Å². The molecule has 4 rings (SSSR count). The Morgan fingerprint density at radius 1 is 1.06 bits per heavy atom. The fourth-order valence-corrected chi connectivity index (χ4v) is 4.06. The topological polar surface area (TPSA) is 51.5 Å². The molecular weight excluding hydrogens is 414 g/mol. The van der Waals surface area contributed by atoms with E-state index in [1.165, 1.54) is 24.3 Å². The van der Waals surface area contributed by atoms with E-state index in [9.17, 15) is 18.4 Å². The van der Waals surface area contributed by atoms with Crippen LogP contribution in [0.3, 0.4) is 0 Å². The Labute approximate surface area is 185 Å². The van der Waals surface area contributed by atoms with E-state index in [0.717, 1.165) is 12.8 Å². The Morgan fingerprint density at radius 2 is 1.78 bits per heavy atom. The second-order valence-corrected chi connectivity index (χ2v) is 8.07. The summed E-state index contributed by atoms with van der Waals surface area (Å²) in [7, 11) is 0. The summed E-state index contributed by atoms with van der Waals surface area (Å²) >= 11 is 0. The smallest absolute Gasteiger partial charge is 0.325 e. The minimum Gasteiger partial charge on any atom is -0.465 e. The summed E-state index contributed by atoms with van der Waals surface area (Å²) in [6, 6.07) is 8.79. The first-order valence-corrected chi connectivity index (χ1v) is 10.9. The van der Waals surface area contributed by atoms with E-state index in [4.69, 9.17) is 4.74 Å². The number of nitrogens with zero attached hydrogens (tertiary/aromatic N) is 2. The van der Waals surface area contributed by atoms with Gasteiger partial charge in [-0.15, -0.1) is 0 Å². The molecule has 1 amide bonds. The molecule has 1 aliphatic rings. The highest BCUT2D eigenvalue weighted by molar-refractivity contribution is 5.97. The van der Waals surface area contributed by atoms with Crippen LogP contribution < -0.4 is 0 Å². The maximum atomic E-state index is 14.2. The average Bonchev–Trinajstić information content (AvgIpc) is 3.55. The number of aromatic nitrogens is 1. The van der Waals surface area contributed by atoms with E-state index in [2.05, 4.69) is 0 Å². The Hall–Kier alpha value is -3.22. The van der Waals surface area contributed by atoms with E-state index < -0.39 is 17.6 Å². The van der Waals surface area contributed by atoms with Gasteiger partial charge in [-0.05, 0) is 68.1 Å². The van der Waals surface area contributed by atoms with Crippen LogP contribution in [0, 0.1) is 17.6 Å². The number of carbonyl (C=O) groups excluding carboxylic acids is 2. The van der Waals surface area contributed by atoms with Gasteiger partial charge in [-0.2, -0.15) is 0 Å². The molecule has 32 heavy (non-hydrogen) atoms. The number of halogens is 2. The Kier molecular flexibility index (Phi) is 6.26. The Balaban J connectivity index is 1.79. The molecular formula is C25H26F2N2O3. The van der Waals surface area contributed by atoms with Crippen molar-refractivity contribution in [2.75, 3.05) is 13.2 Å². The summed E-state index contributed by atoms with van der Waals surface area (Å²) in [5, 5.41) is 0.610. The second kappa shape index (κ2) is 9.10. The van der Waals surface area contributed by atoms with Crippen molar-refractivity contribution < 1.29 is 23.1 Å². The van der Waals surface area contributed by atoms with Gasteiger partial charge in [-0.3, -0.25) is 9.59 Å². The highest BCUT2D eigenvalue weighted by Gasteiger charge is 2.33. The van der Waals surface area contributed by atoms with Crippen molar-refractivity contribution in [1.82, 2.24) is 9.47 Å². The maximum absolute atomic E-state index is 14.2. The predicted molar refractivity (Wildman–Crippen MR) is 118 cm³/mol. The summed E-state index contributed by atoms with van der Waals surface area (Å²) in [6.07, 6.45) is 3.55. The molecule has 5 nitrogen and oxygen atoms in total. The van der Waals surface area contributed by atoms with Crippen molar-refractivity contribution in [2.45, 2.75) is 39.8 Å². The number of benzene rings is 2. The SMILES string of the molecule is CCOC(=O)Cn1cc(-c2ccc(F)cc2CN(CC)C(=O)C2CC2)c2cc(F)ccc21. The molecule has 0 radical (unpaired) electrons. The van der Waals surface area contributed by atoms with Crippen molar-refractivity contribution in [1.29, 1.82) is 0 Å². The lowest BCUT2D eigenvalue weighted by molar-refractivity contribution is -0.143. The van der Waals surface area contributed by atoms with Crippen molar-refractivity contribution in [2.24, 2.45) is 5.92 Å². The highest BCUT2D eigenvalue weighted by Crippen LogP contribution is 2.36. The van der Waals surface area contributed by atoms with Crippen LogP contribution >= 0.6 is 0 Å². The first-order valence-electron chi connectivity index (χ1n) is 10.9. The average molecular weight is 440 g/mol. The summed E-state index contributed by atoms with van der Waals surface area (Å²) < 4.78 is 35.1. The van der Waals surface area contributed by atoms with Gasteiger partial charge in [0.1, 0.15) is 18.2 Å². The molecule has 0 saturated heterocycles. The normalized spacial score (nSPS) is 13.4. The number of hydrogen-bond donors (Lipinski definition) is 0. The van der Waals surface area contributed by atoms with Crippen LogP contribution in [0.5, 0.6) is 0 Å². The number of ether oxygens (including phenoxy) is 1. The minimum absolute atomic E-state index is 0.0201. The summed E-state index contributed by atoms with van der Waals surface area (Å²) in [6.45, 7) is 4.67. The number of amides is 1. The van der Waals surface area contributed by atoms with Crippen LogP contribution in [-0.2, 0) is 27.4 Å². The number of carbonyl (C=O) groups is 2. The second-order valence-electron chi connectivity index (χ2n) is 8.07. The zero-order chi connectivity index (χ0) is 22.8. The van der Waals surface area contributed by atoms with Gasteiger partial charge in [0.25, 0.3) is 0 Å². The fraction of sp³-hybridized carbons (Fsp3) is 0.360. The zero-order valence-corrected chi connectivity index (χ0v) is 18.2. The van der Waals surface area contributed by atoms with E-state index >= 15 is 0 Å². The van der Waals surface area contributed by atoms with Crippen LogP contribution in [0.1, 0.15) is 32.3 Å². The largest absolute Gasteiger partial charge is 0.465 e. The highest BCUT2D eigenvalue weighted by atomic mass is 19.1. The van der Waals surface area contributed by atoms with Crippen LogP contribution in [-0.4, -0.2) is 34.5 Å². The van der Waals surface area contributed by atoms with Gasteiger partial charge in [0.2, 0.25) is 5.91 Å². The third kappa shape index (κ3) is 4.52. The monoisotopic (exact) mass is 440 g/mol. The zero-order valence-electron chi connectivity index (χ0n) is 18.2. The quantitative estimate of drug-likeness (QED) is 0.468. The Morgan fingerprint density at radius 3 is 2.47 bits per heavy atom. The van der Waals surface area contributed by atoms with Crippen molar-refractivity contribution in [3.8, 4) is 11.1 Å². The molecule has 0 unspecified atom stereocenters. The van der Waals surface area contributed by atoms with Gasteiger partial charge in [0.05, 0.1) is 6.61 Å². The van der Waals surface area contributed by atoms with Crippen molar-refractivity contribution >= 4 is 22.8 Å². The molecule has 0 N–H and O–H groups in total. The molecule has 1 heterocycles. The van der Waals surface area contributed by atoms with Gasteiger partial charge in [0, 0.05) is 41.7 Å². The minimum atomic E-state index is -0.407. The first kappa shape index (κ1) is 22.0. The number of rotatable bonds is 8. The molecule has 0 aliphatic heterocycles. The number of esters is 1. The maximum Gasteiger partial charge on any atom is 0.325 e. The van der Waals surface area contributed by atoms with E-state index in [0.29, 0.717) is 34.1 Å². The molecule has 0 atom stereocenters. The van der Waals surface area contributed by atoms with E-state index in [1.807, 2.05) is 6.92 Å². The first-order chi connectivity index (χ1) is 15.4. The number of fused-ring (bicyclic) bond motifs is 1. The molecule has 3 aromatic rings. The molecule has 1 saturated carbocycles. The van der Waals surface area contributed by atoms with E-state index in [1.54, 1.807) is 34.7 Å². The van der Waals surface area contributed by atoms with Gasteiger partial charge < -0.3 is 14.2 Å². The predicted octanol–water partition coefficient (Wildman–Crippen LogP) is 4.91. The van der Waals surface area contributed by atoms with Crippen molar-refractivity contribution in [3.63, 3.8) is 0 Å². The lowest BCUT2D eigenvalue weighted by atomic mass is 9.98. The standard InChI is InChI=1S/C25H26F2N2O3/c1-3-28(25(31)16-5-6-16)13-17-11-18(26)7-9-20(17)22-14-29(15-24(30)32-4-2)23-10-8-19(27)12-21(22)23/h7-12,14,16H,3-6,13,15H2,1-2H3. The molecule has 2 aromatic carbocycles. The van der Waals surface area contributed by atoms with Crippen LogP contribution in [0.4, 0.5) is 8.78 Å². The van der Waals surface area contributed by atoms with Crippen LogP contribution in [0.15, 0.2) is 42.6 Å². The van der Waals surface area contributed by atoms with Crippen molar-refractivity contribution in [3.05, 3.63) is 59.8 Å². The molecule has 1 fully saturated rings. The molecule has 0 spiro atoms. The summed E-state index contributed by atoms with van der Waals surface area (Å²) in [5.41, 5.74) is 2.69.